The second kappa shape index (κ2) is 6.64. The van der Waals surface area contributed by atoms with Gasteiger partial charge in [-0.05, 0) is 25.7 Å². The molecule has 0 unspecified atom stereocenters. The maximum absolute atomic E-state index is 12.3. The first kappa shape index (κ1) is 16.3. The van der Waals surface area contributed by atoms with Crippen LogP contribution in [0.4, 0.5) is 4.79 Å². The van der Waals surface area contributed by atoms with Crippen molar-refractivity contribution in [2.75, 3.05) is 13.2 Å². The Morgan fingerprint density at radius 3 is 3.04 bits per heavy atom. The highest BCUT2D eigenvalue weighted by Crippen LogP contribution is 2.60. The molecule has 1 aliphatic heterocycles. The van der Waals surface area contributed by atoms with Crippen LogP contribution in [-0.4, -0.2) is 36.3 Å². The largest absolute Gasteiger partial charge is 0.377 e. The molecule has 2 amide bonds. The number of hydrogen-bond acceptors (Lipinski definition) is 4. The Balaban J connectivity index is 1.28. The molecule has 2 N–H and O–H groups in total. The molecule has 132 valence electrons. The van der Waals surface area contributed by atoms with Gasteiger partial charge in [0.25, 0.3) is 0 Å². The Bertz CT molecular complexity index is 597. The van der Waals surface area contributed by atoms with Crippen molar-refractivity contribution >= 4 is 17.4 Å². The maximum Gasteiger partial charge on any atom is 0.315 e. The van der Waals surface area contributed by atoms with E-state index in [0.29, 0.717) is 24.6 Å². The van der Waals surface area contributed by atoms with Crippen LogP contribution in [0.3, 0.4) is 0 Å². The quantitative estimate of drug-likeness (QED) is 0.859. The Hall–Kier alpha value is -1.14. The van der Waals surface area contributed by atoms with E-state index in [1.165, 1.54) is 30.6 Å². The van der Waals surface area contributed by atoms with Gasteiger partial charge >= 0.3 is 6.03 Å². The molecule has 1 aromatic heterocycles. The van der Waals surface area contributed by atoms with Gasteiger partial charge in [0.15, 0.2) is 0 Å². The number of amides is 2. The van der Waals surface area contributed by atoms with Gasteiger partial charge in [-0.15, -0.1) is 11.3 Å². The molecule has 24 heavy (non-hydrogen) atoms. The third kappa shape index (κ3) is 2.73. The first-order valence-corrected chi connectivity index (χ1v) is 10.1. The fourth-order valence-corrected chi connectivity index (χ4v) is 5.87. The molecule has 2 saturated carbocycles. The van der Waals surface area contributed by atoms with Gasteiger partial charge in [-0.25, -0.2) is 9.78 Å². The van der Waals surface area contributed by atoms with E-state index in [9.17, 15) is 4.79 Å². The summed E-state index contributed by atoms with van der Waals surface area (Å²) < 4.78 is 5.97. The Morgan fingerprint density at radius 1 is 1.46 bits per heavy atom. The summed E-state index contributed by atoms with van der Waals surface area (Å²) in [6.07, 6.45) is 10.2. The van der Waals surface area contributed by atoms with Crippen LogP contribution in [0, 0.1) is 11.3 Å². The number of carbonyl (C=O) groups excluding carboxylic acids is 1. The molecule has 4 rings (SSSR count). The number of aryl methyl sites for hydroxylation is 1. The van der Waals surface area contributed by atoms with E-state index < -0.39 is 0 Å². The topological polar surface area (TPSA) is 63.2 Å². The highest BCUT2D eigenvalue weighted by Gasteiger charge is 2.65. The van der Waals surface area contributed by atoms with Crippen LogP contribution in [0.15, 0.2) is 6.20 Å². The van der Waals surface area contributed by atoms with E-state index in [4.69, 9.17) is 4.74 Å². The number of ether oxygens (including phenoxy) is 1. The van der Waals surface area contributed by atoms with E-state index in [2.05, 4.69) is 22.5 Å². The predicted octanol–water partition coefficient (Wildman–Crippen LogP) is 2.89. The van der Waals surface area contributed by atoms with Gasteiger partial charge in [-0.3, -0.25) is 0 Å². The number of thiazole rings is 1. The minimum absolute atomic E-state index is 0.0242. The molecule has 2 aliphatic carbocycles. The standard InChI is InChI=1S/C18H27N3O2S/c1-2-12-11-20-14(24-12)5-9-19-17(22)21-15-13-6-10-23-16(13)18(15)7-3-4-8-18/h11,13,15-16H,2-10H2,1H3,(H2,19,21,22)/t13-,15+,16+/m0/s1. The van der Waals surface area contributed by atoms with Crippen LogP contribution in [0.1, 0.15) is 48.9 Å². The van der Waals surface area contributed by atoms with Crippen LogP contribution in [0.2, 0.25) is 0 Å². The van der Waals surface area contributed by atoms with Crippen LogP contribution in [0.25, 0.3) is 0 Å². The lowest BCUT2D eigenvalue weighted by Gasteiger charge is -2.56. The summed E-state index contributed by atoms with van der Waals surface area (Å²) in [6.45, 7) is 3.65. The van der Waals surface area contributed by atoms with E-state index in [-0.39, 0.29) is 11.4 Å². The number of fused-ring (bicyclic) bond motifs is 2. The molecule has 1 aromatic rings. The van der Waals surface area contributed by atoms with E-state index in [0.717, 1.165) is 30.9 Å². The lowest BCUT2D eigenvalue weighted by atomic mass is 9.54. The van der Waals surface area contributed by atoms with Crippen molar-refractivity contribution in [3.05, 3.63) is 16.1 Å². The molecule has 1 spiro atoms. The number of nitrogens with zero attached hydrogens (tertiary/aromatic N) is 1. The second-order valence-corrected chi connectivity index (χ2v) is 8.59. The predicted molar refractivity (Wildman–Crippen MR) is 94.3 cm³/mol. The smallest absolute Gasteiger partial charge is 0.315 e. The van der Waals surface area contributed by atoms with Gasteiger partial charge in [-0.2, -0.15) is 0 Å². The molecule has 3 fully saturated rings. The summed E-state index contributed by atoms with van der Waals surface area (Å²) in [5.41, 5.74) is 0.226. The third-order valence-corrected chi connectivity index (χ3v) is 7.35. The van der Waals surface area contributed by atoms with Gasteiger partial charge in [0.05, 0.1) is 11.1 Å². The first-order chi connectivity index (χ1) is 11.7. The molecule has 6 heteroatoms. The molecule has 0 aromatic carbocycles. The molecule has 2 heterocycles. The molecule has 0 radical (unpaired) electrons. The average molecular weight is 350 g/mol. The fourth-order valence-electron chi connectivity index (χ4n) is 5.01. The molecule has 3 atom stereocenters. The number of nitrogens with one attached hydrogen (secondary N) is 2. The zero-order chi connectivity index (χ0) is 16.6. The molecule has 1 saturated heterocycles. The number of rotatable bonds is 5. The van der Waals surface area contributed by atoms with Gasteiger partial charge in [0.1, 0.15) is 0 Å². The summed E-state index contributed by atoms with van der Waals surface area (Å²) >= 11 is 1.74. The highest BCUT2D eigenvalue weighted by atomic mass is 32.1. The van der Waals surface area contributed by atoms with E-state index >= 15 is 0 Å². The van der Waals surface area contributed by atoms with Crippen molar-refractivity contribution in [3.63, 3.8) is 0 Å². The maximum atomic E-state index is 12.3. The summed E-state index contributed by atoms with van der Waals surface area (Å²) in [6, 6.07) is 0.281. The normalized spacial score (nSPS) is 30.1. The molecule has 3 aliphatic rings. The van der Waals surface area contributed by atoms with Crippen molar-refractivity contribution in [1.29, 1.82) is 0 Å². The van der Waals surface area contributed by atoms with Gasteiger partial charge < -0.3 is 15.4 Å². The minimum atomic E-state index is -0.0242. The van der Waals surface area contributed by atoms with Crippen LogP contribution >= 0.6 is 11.3 Å². The monoisotopic (exact) mass is 349 g/mol. The summed E-state index contributed by atoms with van der Waals surface area (Å²) in [5, 5.41) is 7.40. The Kier molecular flexibility index (Phi) is 4.52. The van der Waals surface area contributed by atoms with E-state index in [1.54, 1.807) is 11.3 Å². The zero-order valence-electron chi connectivity index (χ0n) is 14.3. The Labute approximate surface area is 147 Å². The van der Waals surface area contributed by atoms with Crippen LogP contribution < -0.4 is 10.6 Å². The lowest BCUT2D eigenvalue weighted by molar-refractivity contribution is -0.126. The molecular formula is C18H27N3O2S. The highest BCUT2D eigenvalue weighted by molar-refractivity contribution is 7.11. The summed E-state index contributed by atoms with van der Waals surface area (Å²) in [4.78, 5) is 18.1. The fraction of sp³-hybridized carbons (Fsp3) is 0.778. The molecule has 5 nitrogen and oxygen atoms in total. The first-order valence-electron chi connectivity index (χ1n) is 9.32. The van der Waals surface area contributed by atoms with Crippen LogP contribution in [0.5, 0.6) is 0 Å². The van der Waals surface area contributed by atoms with Crippen molar-refractivity contribution in [2.45, 2.75) is 64.0 Å². The number of urea groups is 1. The SMILES string of the molecule is CCc1cnc(CCNC(=O)N[C@@H]2[C@@H]3CCO[C@H]3C23CCCC3)s1. The van der Waals surface area contributed by atoms with E-state index in [1.807, 2.05) is 6.20 Å². The number of aromatic nitrogens is 1. The van der Waals surface area contributed by atoms with Crippen molar-refractivity contribution in [2.24, 2.45) is 11.3 Å². The zero-order valence-corrected chi connectivity index (χ0v) is 15.2. The number of carbonyl (C=O) groups is 1. The summed E-state index contributed by atoms with van der Waals surface area (Å²) in [7, 11) is 0. The number of hydrogen-bond donors (Lipinski definition) is 2. The summed E-state index contributed by atoms with van der Waals surface area (Å²) in [5.74, 6) is 0.528. The van der Waals surface area contributed by atoms with Crippen molar-refractivity contribution in [1.82, 2.24) is 15.6 Å². The lowest BCUT2D eigenvalue weighted by Crippen LogP contribution is -2.69. The van der Waals surface area contributed by atoms with Gasteiger partial charge in [-0.1, -0.05) is 19.8 Å². The van der Waals surface area contributed by atoms with Crippen molar-refractivity contribution in [3.8, 4) is 0 Å². The third-order valence-electron chi connectivity index (χ3n) is 6.15. The average Bonchev–Trinajstić information content (AvgIpc) is 3.31. The van der Waals surface area contributed by atoms with Crippen molar-refractivity contribution < 1.29 is 9.53 Å². The van der Waals surface area contributed by atoms with Crippen LogP contribution in [-0.2, 0) is 17.6 Å². The van der Waals surface area contributed by atoms with Gasteiger partial charge in [0.2, 0.25) is 0 Å². The molecular weight excluding hydrogens is 322 g/mol. The molecule has 0 bridgehead atoms. The minimum Gasteiger partial charge on any atom is -0.377 e. The second-order valence-electron chi connectivity index (χ2n) is 7.39. The Morgan fingerprint density at radius 2 is 2.29 bits per heavy atom. The van der Waals surface area contributed by atoms with Gasteiger partial charge in [0, 0.05) is 48.0 Å².